The van der Waals surface area contributed by atoms with Crippen LogP contribution in [0.2, 0.25) is 0 Å². The highest BCUT2D eigenvalue weighted by molar-refractivity contribution is 14.1. The fourth-order valence-corrected chi connectivity index (χ4v) is 3.32. The number of nitrogens with one attached hydrogen (secondary N) is 1. The summed E-state index contributed by atoms with van der Waals surface area (Å²) in [4.78, 5) is 48.7. The summed E-state index contributed by atoms with van der Waals surface area (Å²) < 4.78 is 6.64. The number of nitrogen functional groups attached to an aromatic ring is 1. The van der Waals surface area contributed by atoms with Gasteiger partial charge in [0.2, 0.25) is 5.95 Å². The van der Waals surface area contributed by atoms with Crippen molar-refractivity contribution in [3.63, 3.8) is 0 Å². The van der Waals surface area contributed by atoms with E-state index in [9.17, 15) is 14.4 Å². The first-order chi connectivity index (χ1) is 15.1. The second-order valence-corrected chi connectivity index (χ2v) is 8.83. The van der Waals surface area contributed by atoms with Crippen LogP contribution in [0.3, 0.4) is 0 Å². The number of aromatic amines is 1. The number of aromatic nitrogens is 4. The topological polar surface area (TPSA) is 141 Å². The van der Waals surface area contributed by atoms with E-state index in [1.54, 1.807) is 19.2 Å². The van der Waals surface area contributed by atoms with Crippen LogP contribution < -0.4 is 11.3 Å². The monoisotopic (exact) mass is 661 g/mol. The first-order valence-corrected chi connectivity index (χ1v) is 11.6. The molecular formula is C21H21I2N5O4. The number of anilines is 1. The van der Waals surface area contributed by atoms with Crippen LogP contribution in [-0.2, 0) is 9.53 Å². The number of carbonyl (C=O) groups is 2. The van der Waals surface area contributed by atoms with E-state index in [0.717, 1.165) is 24.1 Å². The van der Waals surface area contributed by atoms with Gasteiger partial charge in [-0.2, -0.15) is 0 Å². The highest BCUT2D eigenvalue weighted by atomic mass is 127. The van der Waals surface area contributed by atoms with E-state index < -0.39 is 5.97 Å². The Morgan fingerprint density at radius 2 is 1.69 bits per heavy atom. The van der Waals surface area contributed by atoms with Crippen molar-refractivity contribution >= 4 is 62.9 Å². The van der Waals surface area contributed by atoms with Gasteiger partial charge in [-0.1, -0.05) is 0 Å². The molecule has 168 valence electrons. The number of hydrogen-bond acceptors (Lipinski definition) is 8. The lowest BCUT2D eigenvalue weighted by molar-refractivity contribution is -0.141. The van der Waals surface area contributed by atoms with E-state index >= 15 is 0 Å². The van der Waals surface area contributed by atoms with Gasteiger partial charge in [0.1, 0.15) is 6.42 Å². The Morgan fingerprint density at radius 1 is 1.06 bits per heavy atom. The number of hydrogen-bond donors (Lipinski definition) is 2. The molecule has 3 aromatic rings. The van der Waals surface area contributed by atoms with Crippen LogP contribution in [-0.4, -0.2) is 38.3 Å². The number of H-pyrrole nitrogens is 1. The second kappa shape index (κ2) is 12.0. The molecule has 11 heteroatoms. The molecule has 3 heterocycles. The Hall–Kier alpha value is -2.42. The standard InChI is InChI=1S/C11H12INO3.C10H9IN4O/c1-3-16-11(15)5-10(14)8-4-9(12)7(2)13-6-8;1-5-7(11)2-6(4-13-5)8-3-9(16)15-10(12)14-8/h4,6H,3,5H2,1-2H3;2-4H,1H3,(H3,12,14,15,16). The zero-order valence-electron chi connectivity index (χ0n) is 17.6. The van der Waals surface area contributed by atoms with Crippen molar-refractivity contribution in [2.45, 2.75) is 27.2 Å². The zero-order valence-corrected chi connectivity index (χ0v) is 21.9. The minimum absolute atomic E-state index is 0.109. The number of pyridine rings is 2. The summed E-state index contributed by atoms with van der Waals surface area (Å²) in [5.74, 6) is -0.648. The summed E-state index contributed by atoms with van der Waals surface area (Å²) in [6.07, 6.45) is 2.94. The van der Waals surface area contributed by atoms with Gasteiger partial charge >= 0.3 is 5.97 Å². The fraction of sp³-hybridized carbons (Fsp3) is 0.238. The summed E-state index contributed by atoms with van der Waals surface area (Å²) in [5, 5.41) is 0. The molecule has 3 aromatic heterocycles. The van der Waals surface area contributed by atoms with Crippen LogP contribution in [0.15, 0.2) is 35.4 Å². The minimum Gasteiger partial charge on any atom is -0.466 e. The molecule has 0 saturated heterocycles. The molecular weight excluding hydrogens is 640 g/mol. The Morgan fingerprint density at radius 3 is 2.25 bits per heavy atom. The van der Waals surface area contributed by atoms with Crippen molar-refractivity contribution in [2.24, 2.45) is 0 Å². The maximum absolute atomic E-state index is 11.6. The molecule has 0 radical (unpaired) electrons. The first kappa shape index (κ1) is 25.8. The molecule has 0 aliphatic carbocycles. The van der Waals surface area contributed by atoms with Crippen LogP contribution in [0.5, 0.6) is 0 Å². The molecule has 0 aromatic carbocycles. The van der Waals surface area contributed by atoms with Gasteiger partial charge in [0, 0.05) is 36.7 Å². The number of ether oxygens (including phenoxy) is 1. The average molecular weight is 661 g/mol. The van der Waals surface area contributed by atoms with E-state index in [2.05, 4.69) is 65.1 Å². The smallest absolute Gasteiger partial charge is 0.313 e. The van der Waals surface area contributed by atoms with Crippen LogP contribution in [0, 0.1) is 21.0 Å². The molecule has 3 rings (SSSR count). The normalized spacial score (nSPS) is 10.2. The predicted molar refractivity (Wildman–Crippen MR) is 137 cm³/mol. The molecule has 0 bridgehead atoms. The highest BCUT2D eigenvalue weighted by Crippen LogP contribution is 2.19. The molecule has 0 amide bonds. The third-order valence-corrected chi connectivity index (χ3v) is 6.22. The third-order valence-electron chi connectivity index (χ3n) is 4.04. The molecule has 0 aliphatic rings. The van der Waals surface area contributed by atoms with Gasteiger partial charge in [-0.3, -0.25) is 29.3 Å². The van der Waals surface area contributed by atoms with Crippen LogP contribution in [0.25, 0.3) is 11.3 Å². The number of aryl methyl sites for hydroxylation is 2. The summed E-state index contributed by atoms with van der Waals surface area (Å²) in [5.41, 5.74) is 8.79. The Balaban J connectivity index is 0.000000227. The number of ketones is 1. The lowest BCUT2D eigenvalue weighted by Gasteiger charge is -2.03. The largest absolute Gasteiger partial charge is 0.466 e. The Kier molecular flexibility index (Phi) is 9.68. The third kappa shape index (κ3) is 7.62. The molecule has 0 fully saturated rings. The lowest BCUT2D eigenvalue weighted by atomic mass is 10.1. The van der Waals surface area contributed by atoms with E-state index in [1.807, 2.05) is 19.9 Å². The van der Waals surface area contributed by atoms with E-state index in [4.69, 9.17) is 10.5 Å². The molecule has 3 N–H and O–H groups in total. The lowest BCUT2D eigenvalue weighted by Crippen LogP contribution is -2.12. The molecule has 32 heavy (non-hydrogen) atoms. The minimum atomic E-state index is -0.497. The average Bonchev–Trinajstić information content (AvgIpc) is 2.72. The molecule has 0 atom stereocenters. The molecule has 0 unspecified atom stereocenters. The van der Waals surface area contributed by atoms with Gasteiger partial charge in [-0.05, 0) is 78.1 Å². The van der Waals surface area contributed by atoms with Gasteiger partial charge in [0.05, 0.1) is 23.7 Å². The SMILES string of the molecule is CCOC(=O)CC(=O)c1cnc(C)c(I)c1.Cc1ncc(-c2cc(=O)[nH]c(N)n2)cc1I. The second-order valence-electron chi connectivity index (χ2n) is 6.50. The number of Topliss-reactive ketones (excluding diaryl/α,β-unsaturated/α-hetero) is 1. The van der Waals surface area contributed by atoms with Crippen molar-refractivity contribution in [1.82, 2.24) is 19.9 Å². The number of esters is 1. The Bertz CT molecular complexity index is 1200. The summed E-state index contributed by atoms with van der Waals surface area (Å²) in [6.45, 7) is 5.78. The maximum Gasteiger partial charge on any atom is 0.313 e. The van der Waals surface area contributed by atoms with Crippen LogP contribution >= 0.6 is 45.2 Å². The number of nitrogens with two attached hydrogens (primary N) is 1. The van der Waals surface area contributed by atoms with Crippen LogP contribution in [0.1, 0.15) is 35.1 Å². The molecule has 9 nitrogen and oxygen atoms in total. The van der Waals surface area contributed by atoms with Crippen molar-refractivity contribution in [3.8, 4) is 11.3 Å². The highest BCUT2D eigenvalue weighted by Gasteiger charge is 2.13. The summed E-state index contributed by atoms with van der Waals surface area (Å²) in [7, 11) is 0. The van der Waals surface area contributed by atoms with Crippen molar-refractivity contribution < 1.29 is 14.3 Å². The quantitative estimate of drug-likeness (QED) is 0.184. The number of carbonyl (C=O) groups excluding carboxylic acids is 2. The summed E-state index contributed by atoms with van der Waals surface area (Å²) in [6, 6.07) is 5.05. The summed E-state index contributed by atoms with van der Waals surface area (Å²) >= 11 is 4.29. The van der Waals surface area contributed by atoms with Gasteiger partial charge in [0.15, 0.2) is 5.78 Å². The maximum atomic E-state index is 11.6. The van der Waals surface area contributed by atoms with E-state index in [-0.39, 0.29) is 30.3 Å². The van der Waals surface area contributed by atoms with Gasteiger partial charge < -0.3 is 10.5 Å². The number of nitrogens with zero attached hydrogens (tertiary/aromatic N) is 3. The zero-order chi connectivity index (χ0) is 23.8. The fourth-order valence-electron chi connectivity index (χ4n) is 2.37. The van der Waals surface area contributed by atoms with Crippen molar-refractivity contribution in [2.75, 3.05) is 12.3 Å². The number of halogens is 2. The van der Waals surface area contributed by atoms with Gasteiger partial charge in [0.25, 0.3) is 5.56 Å². The van der Waals surface area contributed by atoms with Crippen molar-refractivity contribution in [3.05, 3.63) is 65.0 Å². The predicted octanol–water partition coefficient (Wildman–Crippen LogP) is 3.46. The van der Waals surface area contributed by atoms with Gasteiger partial charge in [-0.15, -0.1) is 0 Å². The Labute approximate surface area is 211 Å². The molecule has 0 saturated carbocycles. The van der Waals surface area contributed by atoms with E-state index in [1.165, 1.54) is 12.3 Å². The first-order valence-electron chi connectivity index (χ1n) is 9.41. The number of rotatable bonds is 5. The van der Waals surface area contributed by atoms with Gasteiger partial charge in [-0.25, -0.2) is 4.98 Å². The van der Waals surface area contributed by atoms with Crippen molar-refractivity contribution in [1.29, 1.82) is 0 Å². The van der Waals surface area contributed by atoms with Crippen LogP contribution in [0.4, 0.5) is 5.95 Å². The molecule has 0 spiro atoms. The molecule has 0 aliphatic heterocycles. The van der Waals surface area contributed by atoms with E-state index in [0.29, 0.717) is 11.3 Å².